The number of carbonyl (C=O) groups is 2. The first kappa shape index (κ1) is 21.9. The van der Waals surface area contributed by atoms with Crippen LogP contribution in [0.1, 0.15) is 28.4 Å². The molecule has 1 N–H and O–H groups in total. The minimum Gasteiger partial charge on any atom is -0.464 e. The molecule has 0 aliphatic rings. The molecule has 0 atom stereocenters. The molecule has 0 aliphatic heterocycles. The third-order valence-electron chi connectivity index (χ3n) is 5.78. The number of aryl methyl sites for hydroxylation is 1. The Balaban J connectivity index is 1.47. The molecule has 34 heavy (non-hydrogen) atoms. The molecule has 0 fully saturated rings. The number of nitrogens with one attached hydrogen (secondary N) is 1. The number of hydrogen-bond donors (Lipinski definition) is 1. The number of ether oxygens (including phenoxy) is 1. The number of furan rings is 1. The van der Waals surface area contributed by atoms with Crippen molar-refractivity contribution in [1.29, 1.82) is 0 Å². The largest absolute Gasteiger partial charge is 0.464 e. The van der Waals surface area contributed by atoms with Gasteiger partial charge in [-0.2, -0.15) is 0 Å². The zero-order valence-electron chi connectivity index (χ0n) is 18.9. The molecule has 2 heterocycles. The van der Waals surface area contributed by atoms with E-state index in [9.17, 15) is 9.59 Å². The number of anilines is 1. The highest BCUT2D eigenvalue weighted by atomic mass is 32.1. The average Bonchev–Trinajstić information content (AvgIpc) is 3.44. The molecule has 2 aromatic heterocycles. The van der Waals surface area contributed by atoms with Crippen LogP contribution in [0.2, 0.25) is 0 Å². The third-order valence-corrected chi connectivity index (χ3v) is 6.67. The zero-order valence-corrected chi connectivity index (χ0v) is 19.7. The summed E-state index contributed by atoms with van der Waals surface area (Å²) in [5, 5.41) is 8.37. The second-order valence-corrected chi connectivity index (χ2v) is 8.97. The van der Waals surface area contributed by atoms with Gasteiger partial charge in [0.2, 0.25) is 5.91 Å². The Labute approximate surface area is 201 Å². The predicted octanol–water partition coefficient (Wildman–Crippen LogP) is 6.98. The lowest BCUT2D eigenvalue weighted by Crippen LogP contribution is -2.16. The Bertz CT molecular complexity index is 1510. The summed E-state index contributed by atoms with van der Waals surface area (Å²) in [6.07, 6.45) is 1.76. The Hall–Kier alpha value is -3.90. The van der Waals surface area contributed by atoms with Crippen LogP contribution >= 0.6 is 11.3 Å². The molecule has 3 aromatic carbocycles. The van der Waals surface area contributed by atoms with Crippen molar-refractivity contribution in [2.75, 3.05) is 11.9 Å². The molecule has 0 unspecified atom stereocenters. The summed E-state index contributed by atoms with van der Waals surface area (Å²) in [5.41, 5.74) is 4.71. The molecule has 0 bridgehead atoms. The van der Waals surface area contributed by atoms with Gasteiger partial charge in [-0.1, -0.05) is 60.2 Å². The quantitative estimate of drug-likeness (QED) is 0.272. The van der Waals surface area contributed by atoms with Crippen LogP contribution in [0.15, 0.2) is 76.7 Å². The fourth-order valence-corrected chi connectivity index (χ4v) is 5.12. The van der Waals surface area contributed by atoms with Gasteiger partial charge in [-0.05, 0) is 36.2 Å². The van der Waals surface area contributed by atoms with Crippen molar-refractivity contribution in [3.05, 3.63) is 89.0 Å². The maximum Gasteiger partial charge on any atom is 0.341 e. The second-order valence-electron chi connectivity index (χ2n) is 8.09. The van der Waals surface area contributed by atoms with Gasteiger partial charge in [0.15, 0.2) is 0 Å². The van der Waals surface area contributed by atoms with E-state index in [1.165, 1.54) is 11.3 Å². The smallest absolute Gasteiger partial charge is 0.341 e. The van der Waals surface area contributed by atoms with Gasteiger partial charge in [0, 0.05) is 21.9 Å². The van der Waals surface area contributed by atoms with E-state index in [-0.39, 0.29) is 18.9 Å². The van der Waals surface area contributed by atoms with Gasteiger partial charge >= 0.3 is 5.97 Å². The highest BCUT2D eigenvalue weighted by Gasteiger charge is 2.23. The SMILES string of the molecule is CCOC(=O)c1c(-c2ccc(C)cc2)csc1NC(=O)Cc1coc2ccc3ccccc3c12. The standard InChI is InChI=1S/C28H23NO4S/c1-3-32-28(31)26-22(19-10-8-17(2)9-11-19)16-34-27(26)29-24(30)14-20-15-33-23-13-12-18-6-4-5-7-21(18)25(20)23/h4-13,15-16H,3,14H2,1-2H3,(H,29,30). The molecule has 0 aliphatic carbocycles. The van der Waals surface area contributed by atoms with Gasteiger partial charge in [-0.25, -0.2) is 4.79 Å². The van der Waals surface area contributed by atoms with Crippen LogP contribution < -0.4 is 5.32 Å². The van der Waals surface area contributed by atoms with Crippen LogP contribution in [0.25, 0.3) is 32.9 Å². The normalized spacial score (nSPS) is 11.1. The molecule has 0 spiro atoms. The van der Waals surface area contributed by atoms with Crippen molar-refractivity contribution in [3.8, 4) is 11.1 Å². The molecule has 5 aromatic rings. The number of fused-ring (bicyclic) bond motifs is 3. The molecular weight excluding hydrogens is 446 g/mol. The summed E-state index contributed by atoms with van der Waals surface area (Å²) in [7, 11) is 0. The number of benzene rings is 3. The number of hydrogen-bond acceptors (Lipinski definition) is 5. The lowest BCUT2D eigenvalue weighted by molar-refractivity contribution is -0.115. The minimum absolute atomic E-state index is 0.126. The van der Waals surface area contributed by atoms with E-state index >= 15 is 0 Å². The van der Waals surface area contributed by atoms with Crippen molar-refractivity contribution in [2.45, 2.75) is 20.3 Å². The maximum atomic E-state index is 13.1. The van der Waals surface area contributed by atoms with Crippen molar-refractivity contribution < 1.29 is 18.7 Å². The molecule has 5 nitrogen and oxygen atoms in total. The van der Waals surface area contributed by atoms with Crippen LogP contribution in [-0.4, -0.2) is 18.5 Å². The van der Waals surface area contributed by atoms with Gasteiger partial charge in [-0.3, -0.25) is 4.79 Å². The summed E-state index contributed by atoms with van der Waals surface area (Å²) >= 11 is 1.32. The summed E-state index contributed by atoms with van der Waals surface area (Å²) in [6, 6.07) is 19.9. The van der Waals surface area contributed by atoms with E-state index in [0.717, 1.165) is 44.0 Å². The van der Waals surface area contributed by atoms with Gasteiger partial charge in [-0.15, -0.1) is 11.3 Å². The van der Waals surface area contributed by atoms with Crippen molar-refractivity contribution in [1.82, 2.24) is 0 Å². The van der Waals surface area contributed by atoms with E-state index in [4.69, 9.17) is 9.15 Å². The summed E-state index contributed by atoms with van der Waals surface area (Å²) in [6.45, 7) is 4.03. The van der Waals surface area contributed by atoms with Crippen LogP contribution in [0.4, 0.5) is 5.00 Å². The molecule has 170 valence electrons. The highest BCUT2D eigenvalue weighted by Crippen LogP contribution is 2.37. The predicted molar refractivity (Wildman–Crippen MR) is 137 cm³/mol. The average molecular weight is 470 g/mol. The lowest BCUT2D eigenvalue weighted by Gasteiger charge is -2.09. The van der Waals surface area contributed by atoms with E-state index in [2.05, 4.69) is 5.32 Å². The second kappa shape index (κ2) is 9.15. The molecule has 0 radical (unpaired) electrons. The molecule has 0 saturated carbocycles. The number of thiophene rings is 1. The van der Waals surface area contributed by atoms with Crippen molar-refractivity contribution >= 4 is 50.0 Å². The fraction of sp³-hybridized carbons (Fsp3) is 0.143. The lowest BCUT2D eigenvalue weighted by atomic mass is 10.0. The van der Waals surface area contributed by atoms with Crippen molar-refractivity contribution in [2.24, 2.45) is 0 Å². The summed E-state index contributed by atoms with van der Waals surface area (Å²) in [5.74, 6) is -0.673. The first-order valence-electron chi connectivity index (χ1n) is 11.1. The van der Waals surface area contributed by atoms with Gasteiger partial charge in [0.1, 0.15) is 16.1 Å². The molecular formula is C28H23NO4S. The number of rotatable bonds is 6. The maximum absolute atomic E-state index is 13.1. The molecule has 6 heteroatoms. The first-order chi connectivity index (χ1) is 16.5. The van der Waals surface area contributed by atoms with E-state index < -0.39 is 5.97 Å². The number of esters is 1. The van der Waals surface area contributed by atoms with E-state index in [0.29, 0.717) is 10.6 Å². The molecule has 0 saturated heterocycles. The first-order valence-corrected chi connectivity index (χ1v) is 12.0. The third kappa shape index (κ3) is 4.08. The van der Waals surface area contributed by atoms with Crippen LogP contribution in [0, 0.1) is 6.92 Å². The molecule has 1 amide bonds. The Morgan fingerprint density at radius 3 is 2.62 bits per heavy atom. The van der Waals surface area contributed by atoms with Gasteiger partial charge in [0.25, 0.3) is 0 Å². The zero-order chi connectivity index (χ0) is 23.7. The van der Waals surface area contributed by atoms with Crippen LogP contribution in [0.5, 0.6) is 0 Å². The minimum atomic E-state index is -0.450. The van der Waals surface area contributed by atoms with Gasteiger partial charge in [0.05, 0.1) is 19.3 Å². The summed E-state index contributed by atoms with van der Waals surface area (Å²) in [4.78, 5) is 25.9. The number of carbonyl (C=O) groups excluding carboxylic acids is 2. The Kier molecular flexibility index (Phi) is 5.90. The monoisotopic (exact) mass is 469 g/mol. The number of amides is 1. The van der Waals surface area contributed by atoms with Crippen molar-refractivity contribution in [3.63, 3.8) is 0 Å². The Morgan fingerprint density at radius 1 is 1.03 bits per heavy atom. The summed E-state index contributed by atoms with van der Waals surface area (Å²) < 4.78 is 11.0. The van der Waals surface area contributed by atoms with Crippen LogP contribution in [0.3, 0.4) is 0 Å². The Morgan fingerprint density at radius 2 is 1.82 bits per heavy atom. The fourth-order valence-electron chi connectivity index (χ4n) is 4.15. The van der Waals surface area contributed by atoms with Crippen LogP contribution in [-0.2, 0) is 16.0 Å². The van der Waals surface area contributed by atoms with Gasteiger partial charge < -0.3 is 14.5 Å². The van der Waals surface area contributed by atoms with E-state index in [1.54, 1.807) is 13.2 Å². The topological polar surface area (TPSA) is 68.5 Å². The van der Waals surface area contributed by atoms with E-state index in [1.807, 2.05) is 73.0 Å². The highest BCUT2D eigenvalue weighted by molar-refractivity contribution is 7.15. The molecule has 5 rings (SSSR count).